The third-order valence-corrected chi connectivity index (χ3v) is 3.31. The zero-order valence-corrected chi connectivity index (χ0v) is 11.7. The maximum atomic E-state index is 12.3. The average Bonchev–Trinajstić information content (AvgIpc) is 2.42. The highest BCUT2D eigenvalue weighted by Crippen LogP contribution is 2.33. The number of likely N-dealkylation sites (tertiary alicyclic amines) is 1. The number of anilines is 1. The van der Waals surface area contributed by atoms with Crippen LogP contribution in [0.3, 0.4) is 0 Å². The lowest BCUT2D eigenvalue weighted by molar-refractivity contribution is -0.275. The van der Waals surface area contributed by atoms with E-state index in [0.717, 1.165) is 25.9 Å². The molecule has 118 valence electrons. The van der Waals surface area contributed by atoms with Gasteiger partial charge in [0.25, 0.3) is 0 Å². The van der Waals surface area contributed by atoms with E-state index in [2.05, 4.69) is 9.64 Å². The highest BCUT2D eigenvalue weighted by atomic mass is 19.4. The fourth-order valence-corrected chi connectivity index (χ4v) is 2.31. The Morgan fingerprint density at radius 3 is 2.48 bits per heavy atom. The van der Waals surface area contributed by atoms with Crippen molar-refractivity contribution < 1.29 is 22.6 Å². The topological polar surface area (TPSA) is 47.7 Å². The second-order valence-corrected chi connectivity index (χ2v) is 5.00. The summed E-state index contributed by atoms with van der Waals surface area (Å²) in [4.78, 5) is 2.24. The molecule has 21 heavy (non-hydrogen) atoms. The fraction of sp³-hybridized carbons (Fsp3) is 0.571. The molecule has 7 heteroatoms. The van der Waals surface area contributed by atoms with Crippen LogP contribution >= 0.6 is 0 Å². The third-order valence-electron chi connectivity index (χ3n) is 3.31. The van der Waals surface area contributed by atoms with Gasteiger partial charge >= 0.3 is 6.36 Å². The van der Waals surface area contributed by atoms with E-state index < -0.39 is 6.36 Å². The Labute approximate surface area is 121 Å². The van der Waals surface area contributed by atoms with Gasteiger partial charge < -0.3 is 15.2 Å². The van der Waals surface area contributed by atoms with Gasteiger partial charge in [-0.15, -0.1) is 13.2 Å². The van der Waals surface area contributed by atoms with Crippen molar-refractivity contribution in [1.82, 2.24) is 4.90 Å². The quantitative estimate of drug-likeness (QED) is 0.850. The standard InChI is InChI=1S/C14H19F3N2O2/c15-14(16,17)21-12-5-4-11(18)10-13(12)20-9-8-19-6-2-1-3-7-19/h4-5,10H,1-3,6-9,18H2. The summed E-state index contributed by atoms with van der Waals surface area (Å²) in [6.07, 6.45) is -1.21. The van der Waals surface area contributed by atoms with Crippen molar-refractivity contribution in [2.75, 3.05) is 32.0 Å². The van der Waals surface area contributed by atoms with Crippen molar-refractivity contribution in [1.29, 1.82) is 0 Å². The van der Waals surface area contributed by atoms with Crippen LogP contribution in [0, 0.1) is 0 Å². The fourth-order valence-electron chi connectivity index (χ4n) is 2.31. The van der Waals surface area contributed by atoms with E-state index >= 15 is 0 Å². The van der Waals surface area contributed by atoms with Crippen LogP contribution < -0.4 is 15.2 Å². The molecule has 1 aliphatic rings. The second kappa shape index (κ2) is 6.89. The van der Waals surface area contributed by atoms with E-state index in [0.29, 0.717) is 18.8 Å². The molecule has 1 aromatic carbocycles. The summed E-state index contributed by atoms with van der Waals surface area (Å²) in [6.45, 7) is 3.00. The summed E-state index contributed by atoms with van der Waals surface area (Å²) in [5.41, 5.74) is 5.91. The number of rotatable bonds is 5. The van der Waals surface area contributed by atoms with Gasteiger partial charge in [-0.05, 0) is 38.1 Å². The minimum absolute atomic E-state index is 0.0179. The Bertz CT molecular complexity index is 460. The van der Waals surface area contributed by atoms with Crippen LogP contribution in [-0.2, 0) is 0 Å². The molecule has 0 radical (unpaired) electrons. The maximum absolute atomic E-state index is 12.3. The van der Waals surface area contributed by atoms with Crippen molar-refractivity contribution in [2.24, 2.45) is 0 Å². The Kier molecular flexibility index (Phi) is 5.17. The number of piperidine rings is 1. The summed E-state index contributed by atoms with van der Waals surface area (Å²) >= 11 is 0. The first-order chi connectivity index (χ1) is 9.94. The van der Waals surface area contributed by atoms with Crippen molar-refractivity contribution in [2.45, 2.75) is 25.6 Å². The zero-order chi connectivity index (χ0) is 15.3. The number of benzene rings is 1. The molecule has 0 bridgehead atoms. The zero-order valence-electron chi connectivity index (χ0n) is 11.7. The molecular formula is C14H19F3N2O2. The number of ether oxygens (including phenoxy) is 2. The molecule has 0 aliphatic carbocycles. The first-order valence-electron chi connectivity index (χ1n) is 6.94. The highest BCUT2D eigenvalue weighted by Gasteiger charge is 2.32. The van der Waals surface area contributed by atoms with E-state index in [-0.39, 0.29) is 11.5 Å². The lowest BCUT2D eigenvalue weighted by Crippen LogP contribution is -2.33. The lowest BCUT2D eigenvalue weighted by Gasteiger charge is -2.26. The molecule has 1 fully saturated rings. The van der Waals surface area contributed by atoms with E-state index in [1.807, 2.05) is 0 Å². The Morgan fingerprint density at radius 2 is 1.81 bits per heavy atom. The van der Waals surface area contributed by atoms with Gasteiger partial charge in [0.2, 0.25) is 0 Å². The molecule has 0 aromatic heterocycles. The molecule has 1 heterocycles. The van der Waals surface area contributed by atoms with E-state index in [9.17, 15) is 13.2 Å². The Hall–Kier alpha value is -1.63. The summed E-state index contributed by atoms with van der Waals surface area (Å²) in [6, 6.07) is 3.86. The monoisotopic (exact) mass is 304 g/mol. The van der Waals surface area contributed by atoms with Crippen LogP contribution in [0.15, 0.2) is 18.2 Å². The van der Waals surface area contributed by atoms with Crippen LogP contribution in [0.2, 0.25) is 0 Å². The van der Waals surface area contributed by atoms with Crippen molar-refractivity contribution in [3.63, 3.8) is 0 Å². The van der Waals surface area contributed by atoms with Crippen molar-refractivity contribution in [3.05, 3.63) is 18.2 Å². The number of hydrogen-bond acceptors (Lipinski definition) is 4. The molecule has 0 spiro atoms. The molecule has 0 atom stereocenters. The smallest absolute Gasteiger partial charge is 0.488 e. The predicted octanol–water partition coefficient (Wildman–Crippen LogP) is 3.03. The summed E-state index contributed by atoms with van der Waals surface area (Å²) in [7, 11) is 0. The van der Waals surface area contributed by atoms with Gasteiger partial charge in [0.1, 0.15) is 6.61 Å². The van der Waals surface area contributed by atoms with Crippen LogP contribution in [0.1, 0.15) is 19.3 Å². The largest absolute Gasteiger partial charge is 0.573 e. The average molecular weight is 304 g/mol. The van der Waals surface area contributed by atoms with E-state index in [1.54, 1.807) is 0 Å². The van der Waals surface area contributed by atoms with Gasteiger partial charge in [-0.2, -0.15) is 0 Å². The highest BCUT2D eigenvalue weighted by molar-refractivity contribution is 5.52. The van der Waals surface area contributed by atoms with Crippen molar-refractivity contribution >= 4 is 5.69 Å². The number of hydrogen-bond donors (Lipinski definition) is 1. The number of halogens is 3. The predicted molar refractivity (Wildman–Crippen MR) is 73.3 cm³/mol. The number of alkyl halides is 3. The normalized spacial score (nSPS) is 16.7. The Morgan fingerprint density at radius 1 is 1.10 bits per heavy atom. The van der Waals surface area contributed by atoms with E-state index in [4.69, 9.17) is 10.5 Å². The van der Waals surface area contributed by atoms with Gasteiger partial charge in [-0.25, -0.2) is 0 Å². The first-order valence-corrected chi connectivity index (χ1v) is 6.94. The van der Waals surface area contributed by atoms with Gasteiger partial charge in [0.15, 0.2) is 11.5 Å². The molecule has 2 N–H and O–H groups in total. The van der Waals surface area contributed by atoms with Gasteiger partial charge in [-0.3, -0.25) is 4.90 Å². The molecule has 0 amide bonds. The second-order valence-electron chi connectivity index (χ2n) is 5.00. The van der Waals surface area contributed by atoms with Crippen LogP contribution in [0.25, 0.3) is 0 Å². The van der Waals surface area contributed by atoms with Crippen LogP contribution in [0.5, 0.6) is 11.5 Å². The summed E-state index contributed by atoms with van der Waals surface area (Å²) in [5, 5.41) is 0. The molecule has 1 saturated heterocycles. The summed E-state index contributed by atoms with van der Waals surface area (Å²) < 4.78 is 46.3. The third kappa shape index (κ3) is 5.34. The van der Waals surface area contributed by atoms with E-state index in [1.165, 1.54) is 24.6 Å². The first kappa shape index (κ1) is 15.8. The molecule has 0 unspecified atom stereocenters. The van der Waals surface area contributed by atoms with Crippen molar-refractivity contribution in [3.8, 4) is 11.5 Å². The Balaban J connectivity index is 1.92. The van der Waals surface area contributed by atoms with Gasteiger partial charge in [-0.1, -0.05) is 6.42 Å². The number of nitrogens with zero attached hydrogens (tertiary/aromatic N) is 1. The molecule has 2 rings (SSSR count). The molecule has 0 saturated carbocycles. The number of nitrogens with two attached hydrogens (primary N) is 1. The van der Waals surface area contributed by atoms with Crippen LogP contribution in [-0.4, -0.2) is 37.5 Å². The minimum atomic E-state index is -4.75. The SMILES string of the molecule is Nc1ccc(OC(F)(F)F)c(OCCN2CCCCC2)c1. The molecule has 4 nitrogen and oxygen atoms in total. The lowest BCUT2D eigenvalue weighted by atomic mass is 10.1. The molecule has 1 aromatic rings. The minimum Gasteiger partial charge on any atom is -0.488 e. The van der Waals surface area contributed by atoms with Crippen LogP contribution in [0.4, 0.5) is 18.9 Å². The summed E-state index contributed by atoms with van der Waals surface area (Å²) in [5.74, 6) is -0.348. The molecular weight excluding hydrogens is 285 g/mol. The van der Waals surface area contributed by atoms with Gasteiger partial charge in [0, 0.05) is 18.3 Å². The molecule has 1 aliphatic heterocycles. The maximum Gasteiger partial charge on any atom is 0.573 e. The van der Waals surface area contributed by atoms with Gasteiger partial charge in [0.05, 0.1) is 0 Å². The number of nitrogen functional groups attached to an aromatic ring is 1.